The number of hydrogen-bond donors (Lipinski definition) is 0. The zero-order chi connectivity index (χ0) is 13.1. The van der Waals surface area contributed by atoms with Gasteiger partial charge in [0.15, 0.2) is 0 Å². The van der Waals surface area contributed by atoms with Gasteiger partial charge in [0.2, 0.25) is 0 Å². The molecule has 0 aromatic carbocycles. The summed E-state index contributed by atoms with van der Waals surface area (Å²) < 4.78 is 6.26. The van der Waals surface area contributed by atoms with E-state index in [0.29, 0.717) is 18.3 Å². The van der Waals surface area contributed by atoms with Crippen LogP contribution in [0.4, 0.5) is 0 Å². The van der Waals surface area contributed by atoms with Crippen LogP contribution in [0.2, 0.25) is 0 Å². The molecule has 0 aromatic heterocycles. The predicted molar refractivity (Wildman–Crippen MR) is 75.8 cm³/mol. The summed E-state index contributed by atoms with van der Waals surface area (Å²) in [6.45, 7) is 4.43. The Hall–Kier alpha value is -0.120. The highest BCUT2D eigenvalue weighted by Gasteiger charge is 2.30. The van der Waals surface area contributed by atoms with Gasteiger partial charge in [-0.2, -0.15) is 5.06 Å². The number of rotatable bonds is 4. The fourth-order valence-electron chi connectivity index (χ4n) is 3.67. The molecule has 0 aromatic rings. The van der Waals surface area contributed by atoms with Gasteiger partial charge in [0.25, 0.3) is 0 Å². The van der Waals surface area contributed by atoms with Crippen molar-refractivity contribution in [2.75, 3.05) is 13.1 Å². The maximum Gasteiger partial charge on any atom is 0.0798 e. The van der Waals surface area contributed by atoms with Crippen LogP contribution in [0.15, 0.2) is 0 Å². The van der Waals surface area contributed by atoms with Crippen LogP contribution in [0.5, 0.6) is 0 Å². The molecule has 0 atom stereocenters. The lowest BCUT2D eigenvalue weighted by Crippen LogP contribution is -2.43. The van der Waals surface area contributed by atoms with E-state index in [-0.39, 0.29) is 0 Å². The van der Waals surface area contributed by atoms with E-state index < -0.39 is 0 Å². The molecule has 1 heterocycles. The van der Waals surface area contributed by atoms with E-state index in [1.165, 1.54) is 44.9 Å². The number of nitrogens with zero attached hydrogens (tertiary/aromatic N) is 1. The van der Waals surface area contributed by atoms with Crippen LogP contribution in [0.3, 0.4) is 0 Å². The molecule has 1 aliphatic heterocycles. The van der Waals surface area contributed by atoms with E-state index in [0.717, 1.165) is 31.8 Å². The summed E-state index contributed by atoms with van der Waals surface area (Å²) in [6, 6.07) is 0. The third kappa shape index (κ3) is 3.93. The SMILES string of the molecule is C[C@H]1C[C@H](ON2CCC(OC3CCCCC3)CC2)C1. The Labute approximate surface area is 117 Å². The van der Waals surface area contributed by atoms with Crippen molar-refractivity contribution in [3.63, 3.8) is 0 Å². The van der Waals surface area contributed by atoms with Gasteiger partial charge < -0.3 is 4.74 Å². The summed E-state index contributed by atoms with van der Waals surface area (Å²) in [5.74, 6) is 0.872. The lowest BCUT2D eigenvalue weighted by atomic mass is 9.84. The minimum Gasteiger partial charge on any atom is -0.375 e. The topological polar surface area (TPSA) is 21.7 Å². The van der Waals surface area contributed by atoms with Crippen molar-refractivity contribution in [1.82, 2.24) is 5.06 Å². The van der Waals surface area contributed by atoms with Crippen molar-refractivity contribution in [3.8, 4) is 0 Å². The Balaban J connectivity index is 1.32. The second-order valence-electron chi connectivity index (χ2n) is 6.83. The van der Waals surface area contributed by atoms with Gasteiger partial charge in [0, 0.05) is 13.1 Å². The molecule has 0 bridgehead atoms. The van der Waals surface area contributed by atoms with Crippen molar-refractivity contribution in [1.29, 1.82) is 0 Å². The Kier molecular flexibility index (Phi) is 4.78. The number of hydrogen-bond acceptors (Lipinski definition) is 3. The molecular formula is C16H29NO2. The molecule has 0 amide bonds. The maximum atomic E-state index is 6.26. The van der Waals surface area contributed by atoms with E-state index in [1.54, 1.807) is 0 Å². The largest absolute Gasteiger partial charge is 0.375 e. The van der Waals surface area contributed by atoms with Crippen LogP contribution in [0.1, 0.15) is 64.7 Å². The molecule has 1 saturated heterocycles. The molecule has 0 N–H and O–H groups in total. The third-order valence-corrected chi connectivity index (χ3v) is 4.97. The van der Waals surface area contributed by atoms with Crippen molar-refractivity contribution in [2.24, 2.45) is 5.92 Å². The van der Waals surface area contributed by atoms with Gasteiger partial charge in [-0.25, -0.2) is 0 Å². The first-order chi connectivity index (χ1) is 9.29. The summed E-state index contributed by atoms with van der Waals surface area (Å²) in [6.07, 6.45) is 13.1. The first kappa shape index (κ1) is 13.8. The molecule has 3 fully saturated rings. The molecule has 3 heteroatoms. The first-order valence-electron chi connectivity index (χ1n) is 8.37. The van der Waals surface area contributed by atoms with Crippen LogP contribution in [0, 0.1) is 5.92 Å². The Bertz CT molecular complexity index is 264. The molecular weight excluding hydrogens is 238 g/mol. The lowest BCUT2D eigenvalue weighted by Gasteiger charge is -2.39. The zero-order valence-electron chi connectivity index (χ0n) is 12.4. The van der Waals surface area contributed by atoms with Gasteiger partial charge in [-0.05, 0) is 44.4 Å². The maximum absolute atomic E-state index is 6.26. The van der Waals surface area contributed by atoms with E-state index >= 15 is 0 Å². The minimum absolute atomic E-state index is 0.489. The van der Waals surface area contributed by atoms with Gasteiger partial charge >= 0.3 is 0 Å². The minimum atomic E-state index is 0.489. The number of hydroxylamine groups is 2. The summed E-state index contributed by atoms with van der Waals surface area (Å²) in [5, 5.41) is 2.19. The van der Waals surface area contributed by atoms with Crippen molar-refractivity contribution in [2.45, 2.75) is 83.0 Å². The molecule has 110 valence electrons. The molecule has 2 aliphatic carbocycles. The Morgan fingerprint density at radius 2 is 1.42 bits per heavy atom. The quantitative estimate of drug-likeness (QED) is 0.778. The highest BCUT2D eigenvalue weighted by Crippen LogP contribution is 2.31. The fourth-order valence-corrected chi connectivity index (χ4v) is 3.67. The second-order valence-corrected chi connectivity index (χ2v) is 6.83. The fraction of sp³-hybridized carbons (Fsp3) is 1.00. The first-order valence-corrected chi connectivity index (χ1v) is 8.37. The van der Waals surface area contributed by atoms with Gasteiger partial charge in [0.05, 0.1) is 18.3 Å². The highest BCUT2D eigenvalue weighted by molar-refractivity contribution is 4.78. The smallest absolute Gasteiger partial charge is 0.0798 e. The average Bonchev–Trinajstić information content (AvgIpc) is 2.40. The normalized spacial score (nSPS) is 35.2. The molecule has 3 aliphatic rings. The lowest BCUT2D eigenvalue weighted by molar-refractivity contribution is -0.242. The van der Waals surface area contributed by atoms with Crippen molar-refractivity contribution < 1.29 is 9.57 Å². The Morgan fingerprint density at radius 3 is 2.05 bits per heavy atom. The van der Waals surface area contributed by atoms with Crippen LogP contribution in [-0.4, -0.2) is 36.5 Å². The summed E-state index contributed by atoms with van der Waals surface area (Å²) in [4.78, 5) is 6.01. The summed E-state index contributed by atoms with van der Waals surface area (Å²) in [7, 11) is 0. The Morgan fingerprint density at radius 1 is 0.789 bits per heavy atom. The van der Waals surface area contributed by atoms with Crippen molar-refractivity contribution in [3.05, 3.63) is 0 Å². The van der Waals surface area contributed by atoms with Gasteiger partial charge in [-0.3, -0.25) is 4.84 Å². The third-order valence-electron chi connectivity index (χ3n) is 4.97. The summed E-state index contributed by atoms with van der Waals surface area (Å²) >= 11 is 0. The molecule has 3 rings (SSSR count). The van der Waals surface area contributed by atoms with E-state index in [2.05, 4.69) is 12.0 Å². The number of ether oxygens (including phenoxy) is 1. The van der Waals surface area contributed by atoms with Crippen LogP contribution < -0.4 is 0 Å². The van der Waals surface area contributed by atoms with Gasteiger partial charge in [0.1, 0.15) is 0 Å². The molecule has 2 saturated carbocycles. The molecule has 3 nitrogen and oxygen atoms in total. The van der Waals surface area contributed by atoms with Crippen molar-refractivity contribution >= 4 is 0 Å². The molecule has 0 radical (unpaired) electrons. The second kappa shape index (κ2) is 6.55. The van der Waals surface area contributed by atoms with Crippen LogP contribution >= 0.6 is 0 Å². The summed E-state index contributed by atoms with van der Waals surface area (Å²) in [5.41, 5.74) is 0. The molecule has 0 unspecified atom stereocenters. The van der Waals surface area contributed by atoms with E-state index in [1.807, 2.05) is 0 Å². The zero-order valence-corrected chi connectivity index (χ0v) is 12.4. The van der Waals surface area contributed by atoms with Gasteiger partial charge in [-0.15, -0.1) is 0 Å². The van der Waals surface area contributed by atoms with E-state index in [9.17, 15) is 0 Å². The molecule has 0 spiro atoms. The van der Waals surface area contributed by atoms with Crippen LogP contribution in [0.25, 0.3) is 0 Å². The molecule has 19 heavy (non-hydrogen) atoms. The number of piperidine rings is 1. The standard InChI is InChI=1S/C16H29NO2/c1-13-11-16(12-13)19-17-9-7-15(8-10-17)18-14-5-3-2-4-6-14/h13-16H,2-12H2,1H3/t13-,16-. The highest BCUT2D eigenvalue weighted by atomic mass is 16.7. The predicted octanol–water partition coefficient (Wildman–Crippen LogP) is 3.53. The monoisotopic (exact) mass is 267 g/mol. The average molecular weight is 267 g/mol. The van der Waals surface area contributed by atoms with Crippen LogP contribution in [-0.2, 0) is 9.57 Å². The van der Waals surface area contributed by atoms with E-state index in [4.69, 9.17) is 9.57 Å². The van der Waals surface area contributed by atoms with Gasteiger partial charge in [-0.1, -0.05) is 26.2 Å².